The molecule has 4 N–H and O–H groups in total. The molecule has 0 heterocycles. The van der Waals surface area contributed by atoms with Crippen LogP contribution in [-0.4, -0.2) is 24.2 Å². The smallest absolute Gasteiger partial charge is 0.244 e. The normalized spacial score (nSPS) is 16.7. The predicted octanol–water partition coefficient (Wildman–Crippen LogP) is 1.17. The molecule has 0 radical (unpaired) electrons. The van der Waals surface area contributed by atoms with Gasteiger partial charge in [0, 0.05) is 23.7 Å². The summed E-state index contributed by atoms with van der Waals surface area (Å²) in [6, 6.07) is 7.34. The van der Waals surface area contributed by atoms with Crippen LogP contribution in [0.1, 0.15) is 18.4 Å². The number of hydrogen-bond donors (Lipinski definition) is 3. The summed E-state index contributed by atoms with van der Waals surface area (Å²) in [7, 11) is 0. The molecule has 0 aliphatic heterocycles. The van der Waals surface area contributed by atoms with Crippen LogP contribution >= 0.6 is 0 Å². The van der Waals surface area contributed by atoms with Gasteiger partial charge < -0.3 is 16.2 Å². The first kappa shape index (κ1) is 12.6. The molecule has 0 atom stereocenters. The second-order valence-electron chi connectivity index (χ2n) is 4.88. The summed E-state index contributed by atoms with van der Waals surface area (Å²) in [5.74, 6) is -0.142. The van der Waals surface area contributed by atoms with E-state index in [9.17, 15) is 4.79 Å². The van der Waals surface area contributed by atoms with E-state index in [2.05, 4.69) is 5.32 Å². The molecule has 1 aromatic carbocycles. The van der Waals surface area contributed by atoms with Gasteiger partial charge in [0.05, 0.1) is 6.61 Å². The topological polar surface area (TPSA) is 75.4 Å². The number of nitrogens with one attached hydrogen (secondary N) is 1. The van der Waals surface area contributed by atoms with Crippen LogP contribution in [0, 0.1) is 5.41 Å². The molecular weight excluding hydrogens is 228 g/mol. The third kappa shape index (κ3) is 3.34. The number of amides is 1. The lowest BCUT2D eigenvalue weighted by Crippen LogP contribution is -2.30. The van der Waals surface area contributed by atoms with Gasteiger partial charge in [-0.1, -0.05) is 12.1 Å². The Hall–Kier alpha value is -1.81. The van der Waals surface area contributed by atoms with Gasteiger partial charge in [-0.25, -0.2) is 0 Å². The minimum Gasteiger partial charge on any atom is -0.399 e. The van der Waals surface area contributed by atoms with Gasteiger partial charge in [0.2, 0.25) is 5.91 Å². The van der Waals surface area contributed by atoms with E-state index in [0.29, 0.717) is 12.2 Å². The molecule has 1 fully saturated rings. The fraction of sp³-hybridized carbons (Fsp3) is 0.357. The Bertz CT molecular complexity index is 465. The van der Waals surface area contributed by atoms with Crippen molar-refractivity contribution in [1.29, 1.82) is 0 Å². The SMILES string of the molecule is Nc1cccc(/C=C/C(=O)NCC2(CO)CC2)c1. The molecule has 1 saturated carbocycles. The average Bonchev–Trinajstić information content (AvgIpc) is 3.15. The number of carbonyl (C=O) groups is 1. The van der Waals surface area contributed by atoms with Crippen LogP contribution in [0.25, 0.3) is 6.08 Å². The maximum Gasteiger partial charge on any atom is 0.244 e. The minimum absolute atomic E-state index is 0.0549. The van der Waals surface area contributed by atoms with E-state index in [-0.39, 0.29) is 17.9 Å². The molecule has 0 bridgehead atoms. The van der Waals surface area contributed by atoms with E-state index in [1.165, 1.54) is 6.08 Å². The third-order valence-corrected chi connectivity index (χ3v) is 3.27. The number of hydrogen-bond acceptors (Lipinski definition) is 3. The molecule has 1 aliphatic rings. The molecule has 0 aromatic heterocycles. The summed E-state index contributed by atoms with van der Waals surface area (Å²) < 4.78 is 0. The molecule has 96 valence electrons. The second kappa shape index (κ2) is 5.23. The van der Waals surface area contributed by atoms with Crippen molar-refractivity contribution in [2.45, 2.75) is 12.8 Å². The molecule has 4 heteroatoms. The summed E-state index contributed by atoms with van der Waals surface area (Å²) in [4.78, 5) is 11.6. The van der Waals surface area contributed by atoms with Gasteiger partial charge in [-0.05, 0) is 36.6 Å². The van der Waals surface area contributed by atoms with Crippen LogP contribution in [-0.2, 0) is 4.79 Å². The summed E-state index contributed by atoms with van der Waals surface area (Å²) in [5.41, 5.74) is 7.16. The Labute approximate surface area is 107 Å². The zero-order chi connectivity index (χ0) is 13.0. The van der Waals surface area contributed by atoms with Crippen LogP contribution < -0.4 is 11.1 Å². The Morgan fingerprint density at radius 3 is 2.89 bits per heavy atom. The summed E-state index contributed by atoms with van der Waals surface area (Å²) in [6.07, 6.45) is 5.19. The monoisotopic (exact) mass is 246 g/mol. The highest BCUT2D eigenvalue weighted by molar-refractivity contribution is 5.91. The van der Waals surface area contributed by atoms with Gasteiger partial charge >= 0.3 is 0 Å². The minimum atomic E-state index is -0.142. The Balaban J connectivity index is 1.83. The van der Waals surface area contributed by atoms with Gasteiger partial charge in [-0.2, -0.15) is 0 Å². The second-order valence-corrected chi connectivity index (χ2v) is 4.88. The Morgan fingerprint density at radius 2 is 2.28 bits per heavy atom. The van der Waals surface area contributed by atoms with Gasteiger partial charge in [0.15, 0.2) is 0 Å². The molecule has 1 amide bonds. The van der Waals surface area contributed by atoms with E-state index in [1.54, 1.807) is 18.2 Å². The molecule has 1 aliphatic carbocycles. The quantitative estimate of drug-likeness (QED) is 0.539. The highest BCUT2D eigenvalue weighted by atomic mass is 16.3. The van der Waals surface area contributed by atoms with Crippen LogP contribution in [0.2, 0.25) is 0 Å². The average molecular weight is 246 g/mol. The summed E-state index contributed by atoms with van der Waals surface area (Å²) in [5, 5.41) is 11.9. The van der Waals surface area contributed by atoms with Crippen molar-refractivity contribution in [1.82, 2.24) is 5.32 Å². The first-order chi connectivity index (χ1) is 8.63. The van der Waals surface area contributed by atoms with Crippen molar-refractivity contribution in [3.63, 3.8) is 0 Å². The van der Waals surface area contributed by atoms with Gasteiger partial charge in [-0.3, -0.25) is 4.79 Å². The molecule has 4 nitrogen and oxygen atoms in total. The van der Waals surface area contributed by atoms with Gasteiger partial charge in [0.25, 0.3) is 0 Å². The van der Waals surface area contributed by atoms with Crippen LogP contribution in [0.3, 0.4) is 0 Å². The number of carbonyl (C=O) groups excluding carboxylic acids is 1. The Kier molecular flexibility index (Phi) is 3.67. The van der Waals surface area contributed by atoms with Crippen molar-refractivity contribution in [3.8, 4) is 0 Å². The van der Waals surface area contributed by atoms with E-state index in [4.69, 9.17) is 10.8 Å². The van der Waals surface area contributed by atoms with E-state index in [1.807, 2.05) is 12.1 Å². The maximum atomic E-state index is 11.6. The highest BCUT2D eigenvalue weighted by Gasteiger charge is 2.41. The zero-order valence-corrected chi connectivity index (χ0v) is 10.2. The fourth-order valence-corrected chi connectivity index (χ4v) is 1.74. The molecule has 2 rings (SSSR count). The van der Waals surface area contributed by atoms with E-state index >= 15 is 0 Å². The molecule has 18 heavy (non-hydrogen) atoms. The van der Waals surface area contributed by atoms with Crippen molar-refractivity contribution in [2.75, 3.05) is 18.9 Å². The number of anilines is 1. The highest BCUT2D eigenvalue weighted by Crippen LogP contribution is 2.44. The van der Waals surface area contributed by atoms with Crippen LogP contribution in [0.4, 0.5) is 5.69 Å². The first-order valence-electron chi connectivity index (χ1n) is 6.06. The third-order valence-electron chi connectivity index (χ3n) is 3.27. The maximum absolute atomic E-state index is 11.6. The zero-order valence-electron chi connectivity index (χ0n) is 10.2. The summed E-state index contributed by atoms with van der Waals surface area (Å²) >= 11 is 0. The predicted molar refractivity (Wildman–Crippen MR) is 71.7 cm³/mol. The lowest BCUT2D eigenvalue weighted by Gasteiger charge is -2.11. The van der Waals surface area contributed by atoms with Crippen molar-refractivity contribution in [3.05, 3.63) is 35.9 Å². The molecule has 1 aromatic rings. The molecule has 0 spiro atoms. The van der Waals surface area contributed by atoms with Gasteiger partial charge in [0.1, 0.15) is 0 Å². The lowest BCUT2D eigenvalue weighted by atomic mass is 10.1. The van der Waals surface area contributed by atoms with E-state index in [0.717, 1.165) is 18.4 Å². The number of aliphatic hydroxyl groups is 1. The van der Waals surface area contributed by atoms with Crippen molar-refractivity contribution < 1.29 is 9.90 Å². The standard InChI is InChI=1S/C14H18N2O2/c15-12-3-1-2-11(8-12)4-5-13(18)16-9-14(10-17)6-7-14/h1-5,8,17H,6-7,9-10,15H2,(H,16,18)/b5-4+. The van der Waals surface area contributed by atoms with Crippen molar-refractivity contribution in [2.24, 2.45) is 5.41 Å². The van der Waals surface area contributed by atoms with Crippen LogP contribution in [0.5, 0.6) is 0 Å². The first-order valence-corrected chi connectivity index (χ1v) is 6.06. The number of aliphatic hydroxyl groups excluding tert-OH is 1. The molecule has 0 unspecified atom stereocenters. The number of rotatable bonds is 5. The van der Waals surface area contributed by atoms with Gasteiger partial charge in [-0.15, -0.1) is 0 Å². The summed E-state index contributed by atoms with van der Waals surface area (Å²) in [6.45, 7) is 0.690. The van der Waals surface area contributed by atoms with E-state index < -0.39 is 0 Å². The Morgan fingerprint density at radius 1 is 1.50 bits per heavy atom. The number of nitrogens with two attached hydrogens (primary N) is 1. The number of nitrogen functional groups attached to an aromatic ring is 1. The van der Waals surface area contributed by atoms with Crippen molar-refractivity contribution >= 4 is 17.7 Å². The largest absolute Gasteiger partial charge is 0.399 e. The fourth-order valence-electron chi connectivity index (χ4n) is 1.74. The lowest BCUT2D eigenvalue weighted by molar-refractivity contribution is -0.116. The van der Waals surface area contributed by atoms with Crippen LogP contribution in [0.15, 0.2) is 30.3 Å². The molecule has 0 saturated heterocycles. The number of benzene rings is 1. The molecular formula is C14H18N2O2.